The SMILES string of the molecule is CCNC(=O)CNS(=O)(=O)c1cccc(N)c1. The third-order valence-corrected chi connectivity index (χ3v) is 3.36. The molecule has 0 aliphatic heterocycles. The van der Waals surface area contributed by atoms with Crippen LogP contribution in [0.1, 0.15) is 6.92 Å². The Balaban J connectivity index is 2.73. The van der Waals surface area contributed by atoms with Crippen LogP contribution in [-0.2, 0) is 14.8 Å². The molecule has 4 N–H and O–H groups in total. The molecule has 0 aliphatic rings. The van der Waals surface area contributed by atoms with Crippen LogP contribution in [0.3, 0.4) is 0 Å². The minimum absolute atomic E-state index is 0.0433. The number of hydrogen-bond donors (Lipinski definition) is 3. The number of sulfonamides is 1. The fraction of sp³-hybridized carbons (Fsp3) is 0.300. The Morgan fingerprint density at radius 1 is 1.41 bits per heavy atom. The predicted octanol–water partition coefficient (Wildman–Crippen LogP) is -0.317. The fourth-order valence-electron chi connectivity index (χ4n) is 1.19. The molecule has 94 valence electrons. The largest absolute Gasteiger partial charge is 0.399 e. The lowest BCUT2D eigenvalue weighted by Crippen LogP contribution is -2.36. The summed E-state index contributed by atoms with van der Waals surface area (Å²) in [6, 6.07) is 5.87. The van der Waals surface area contributed by atoms with Crippen LogP contribution in [0.25, 0.3) is 0 Å². The first kappa shape index (κ1) is 13.5. The smallest absolute Gasteiger partial charge is 0.241 e. The first-order valence-electron chi connectivity index (χ1n) is 5.07. The van der Waals surface area contributed by atoms with Gasteiger partial charge in [0.15, 0.2) is 0 Å². The van der Waals surface area contributed by atoms with Crippen LogP contribution in [0.4, 0.5) is 5.69 Å². The molecule has 17 heavy (non-hydrogen) atoms. The van der Waals surface area contributed by atoms with E-state index in [-0.39, 0.29) is 17.3 Å². The Kier molecular flexibility index (Phi) is 4.47. The molecule has 0 atom stereocenters. The van der Waals surface area contributed by atoms with Crippen molar-refractivity contribution in [3.05, 3.63) is 24.3 Å². The maximum Gasteiger partial charge on any atom is 0.241 e. The molecule has 0 saturated heterocycles. The molecular formula is C10H15N3O3S. The van der Waals surface area contributed by atoms with Crippen molar-refractivity contribution in [3.63, 3.8) is 0 Å². The molecule has 0 spiro atoms. The summed E-state index contributed by atoms with van der Waals surface area (Å²) in [6.45, 7) is 1.92. The highest BCUT2D eigenvalue weighted by atomic mass is 32.2. The second-order valence-corrected chi connectivity index (χ2v) is 5.12. The second kappa shape index (κ2) is 5.65. The molecule has 0 fully saturated rings. The molecule has 0 saturated carbocycles. The monoisotopic (exact) mass is 257 g/mol. The molecule has 1 aromatic rings. The van der Waals surface area contributed by atoms with Gasteiger partial charge in [0, 0.05) is 12.2 Å². The third-order valence-electron chi connectivity index (χ3n) is 1.97. The molecule has 0 radical (unpaired) electrons. The summed E-state index contributed by atoms with van der Waals surface area (Å²) in [5.41, 5.74) is 5.84. The van der Waals surface area contributed by atoms with E-state index in [2.05, 4.69) is 10.0 Å². The van der Waals surface area contributed by atoms with Crippen molar-refractivity contribution in [2.24, 2.45) is 0 Å². The van der Waals surface area contributed by atoms with E-state index in [1.54, 1.807) is 13.0 Å². The molecule has 0 heterocycles. The second-order valence-electron chi connectivity index (χ2n) is 3.35. The van der Waals surface area contributed by atoms with E-state index >= 15 is 0 Å². The van der Waals surface area contributed by atoms with Crippen molar-refractivity contribution in [2.45, 2.75) is 11.8 Å². The first-order chi connectivity index (χ1) is 7.95. The topological polar surface area (TPSA) is 101 Å². The number of hydrogen-bond acceptors (Lipinski definition) is 4. The van der Waals surface area contributed by atoms with Crippen molar-refractivity contribution in [2.75, 3.05) is 18.8 Å². The molecule has 6 nitrogen and oxygen atoms in total. The van der Waals surface area contributed by atoms with E-state index < -0.39 is 10.0 Å². The Hall–Kier alpha value is -1.60. The van der Waals surface area contributed by atoms with Gasteiger partial charge in [-0.25, -0.2) is 13.1 Å². The summed E-state index contributed by atoms with van der Waals surface area (Å²) in [5, 5.41) is 2.49. The average Bonchev–Trinajstić information content (AvgIpc) is 2.27. The summed E-state index contributed by atoms with van der Waals surface area (Å²) < 4.78 is 25.7. The average molecular weight is 257 g/mol. The van der Waals surface area contributed by atoms with Gasteiger partial charge in [0.05, 0.1) is 11.4 Å². The lowest BCUT2D eigenvalue weighted by Gasteiger charge is -2.07. The van der Waals surface area contributed by atoms with Crippen LogP contribution < -0.4 is 15.8 Å². The summed E-state index contributed by atoms with van der Waals surface area (Å²) in [7, 11) is -3.69. The maximum atomic E-state index is 11.7. The molecule has 7 heteroatoms. The summed E-state index contributed by atoms with van der Waals surface area (Å²) in [4.78, 5) is 11.2. The van der Waals surface area contributed by atoms with Gasteiger partial charge in [0.2, 0.25) is 15.9 Å². The number of anilines is 1. The van der Waals surface area contributed by atoms with E-state index in [1.807, 2.05) is 0 Å². The normalized spacial score (nSPS) is 11.1. The lowest BCUT2D eigenvalue weighted by molar-refractivity contribution is -0.119. The quantitative estimate of drug-likeness (QED) is 0.629. The molecule has 0 unspecified atom stereocenters. The zero-order chi connectivity index (χ0) is 12.9. The number of likely N-dealkylation sites (N-methyl/N-ethyl adjacent to an activating group) is 1. The van der Waals surface area contributed by atoms with Crippen molar-refractivity contribution in [3.8, 4) is 0 Å². The van der Waals surface area contributed by atoms with E-state index in [4.69, 9.17) is 5.73 Å². The van der Waals surface area contributed by atoms with Crippen LogP contribution in [0.15, 0.2) is 29.2 Å². The van der Waals surface area contributed by atoms with Crippen molar-refractivity contribution in [1.29, 1.82) is 0 Å². The Labute approximate surface area is 100 Å². The summed E-state index contributed by atoms with van der Waals surface area (Å²) in [5.74, 6) is -0.375. The molecule has 1 rings (SSSR count). The van der Waals surface area contributed by atoms with Crippen LogP contribution >= 0.6 is 0 Å². The summed E-state index contributed by atoms with van der Waals surface area (Å²) in [6.07, 6.45) is 0. The number of nitrogens with one attached hydrogen (secondary N) is 2. The van der Waals surface area contributed by atoms with E-state index in [0.29, 0.717) is 12.2 Å². The zero-order valence-corrected chi connectivity index (χ0v) is 10.3. The molecule has 0 bridgehead atoms. The Morgan fingerprint density at radius 2 is 2.12 bits per heavy atom. The molecule has 0 aromatic heterocycles. The summed E-state index contributed by atoms with van der Waals surface area (Å²) >= 11 is 0. The predicted molar refractivity (Wildman–Crippen MR) is 64.7 cm³/mol. The zero-order valence-electron chi connectivity index (χ0n) is 9.43. The highest BCUT2D eigenvalue weighted by molar-refractivity contribution is 7.89. The number of rotatable bonds is 5. The van der Waals surface area contributed by atoms with Crippen molar-refractivity contribution in [1.82, 2.24) is 10.0 Å². The van der Waals surface area contributed by atoms with Gasteiger partial charge < -0.3 is 11.1 Å². The van der Waals surface area contributed by atoms with Crippen LogP contribution in [0.2, 0.25) is 0 Å². The number of benzene rings is 1. The van der Waals surface area contributed by atoms with E-state index in [9.17, 15) is 13.2 Å². The minimum Gasteiger partial charge on any atom is -0.399 e. The van der Waals surface area contributed by atoms with Crippen LogP contribution in [-0.4, -0.2) is 27.4 Å². The van der Waals surface area contributed by atoms with E-state index in [1.165, 1.54) is 18.2 Å². The van der Waals surface area contributed by atoms with Gasteiger partial charge in [-0.1, -0.05) is 6.07 Å². The first-order valence-corrected chi connectivity index (χ1v) is 6.56. The Bertz CT molecular complexity index is 499. The fourth-order valence-corrected chi connectivity index (χ4v) is 2.22. The standard InChI is InChI=1S/C10H15N3O3S/c1-2-12-10(14)7-13-17(15,16)9-5-3-4-8(11)6-9/h3-6,13H,2,7,11H2,1H3,(H,12,14). The van der Waals surface area contributed by atoms with E-state index in [0.717, 1.165) is 0 Å². The molecule has 1 aromatic carbocycles. The number of amides is 1. The van der Waals surface area contributed by atoms with Crippen molar-refractivity contribution < 1.29 is 13.2 Å². The maximum absolute atomic E-state index is 11.7. The molecule has 1 amide bonds. The van der Waals surface area contributed by atoms with Gasteiger partial charge in [0.25, 0.3) is 0 Å². The highest BCUT2D eigenvalue weighted by Gasteiger charge is 2.15. The highest BCUT2D eigenvalue weighted by Crippen LogP contribution is 2.11. The van der Waals surface area contributed by atoms with Crippen LogP contribution in [0, 0.1) is 0 Å². The van der Waals surface area contributed by atoms with Crippen molar-refractivity contribution >= 4 is 21.6 Å². The number of carbonyl (C=O) groups is 1. The minimum atomic E-state index is -3.69. The number of nitrogen functional groups attached to an aromatic ring is 1. The van der Waals surface area contributed by atoms with Gasteiger partial charge in [-0.05, 0) is 25.1 Å². The Morgan fingerprint density at radius 3 is 2.71 bits per heavy atom. The number of carbonyl (C=O) groups excluding carboxylic acids is 1. The van der Waals surface area contributed by atoms with Gasteiger partial charge in [-0.3, -0.25) is 4.79 Å². The van der Waals surface area contributed by atoms with Gasteiger partial charge in [-0.2, -0.15) is 0 Å². The van der Waals surface area contributed by atoms with Gasteiger partial charge in [0.1, 0.15) is 0 Å². The van der Waals surface area contributed by atoms with Crippen LogP contribution in [0.5, 0.6) is 0 Å². The third kappa shape index (κ3) is 4.04. The van der Waals surface area contributed by atoms with Gasteiger partial charge >= 0.3 is 0 Å². The molecule has 0 aliphatic carbocycles. The lowest BCUT2D eigenvalue weighted by atomic mass is 10.3. The molecular weight excluding hydrogens is 242 g/mol. The van der Waals surface area contributed by atoms with Gasteiger partial charge in [-0.15, -0.1) is 0 Å². The number of nitrogens with two attached hydrogens (primary N) is 1.